The van der Waals surface area contributed by atoms with Gasteiger partial charge >= 0.3 is 0 Å². The van der Waals surface area contributed by atoms with Gasteiger partial charge < -0.3 is 14.5 Å². The molecule has 0 radical (unpaired) electrons. The van der Waals surface area contributed by atoms with Crippen LogP contribution in [0.25, 0.3) is 22.0 Å². The maximum atomic E-state index is 12.5. The number of carbonyl (C=O) groups is 1. The van der Waals surface area contributed by atoms with E-state index >= 15 is 0 Å². The second-order valence-electron chi connectivity index (χ2n) is 6.89. The van der Waals surface area contributed by atoms with Gasteiger partial charge in [-0.1, -0.05) is 36.4 Å². The minimum atomic E-state index is -0.385. The molecule has 1 amide bonds. The Morgan fingerprint density at radius 2 is 1.84 bits per heavy atom. The van der Waals surface area contributed by atoms with E-state index in [0.717, 1.165) is 27.8 Å². The standard InChI is InChI=1S/C24H18N4O3/c29-24(26-23-14-20(27-28-23)17-10-12-25-13-11-17)22-9-8-18(31-22)15-30-21-7-3-5-16-4-1-2-6-19(16)21/h1-14H,15H2,(H2,26,27,28,29). The lowest BCUT2D eigenvalue weighted by molar-refractivity contribution is 0.0992. The first-order valence-corrected chi connectivity index (χ1v) is 9.73. The van der Waals surface area contributed by atoms with Crippen molar-refractivity contribution in [3.8, 4) is 17.0 Å². The number of nitrogens with zero attached hydrogens (tertiary/aromatic N) is 2. The van der Waals surface area contributed by atoms with E-state index < -0.39 is 0 Å². The van der Waals surface area contributed by atoms with Crippen LogP contribution in [-0.4, -0.2) is 21.1 Å². The van der Waals surface area contributed by atoms with Gasteiger partial charge in [0.2, 0.25) is 0 Å². The fraction of sp³-hybridized carbons (Fsp3) is 0.0417. The monoisotopic (exact) mass is 410 g/mol. The fourth-order valence-corrected chi connectivity index (χ4v) is 3.29. The first-order chi connectivity index (χ1) is 15.3. The molecule has 0 saturated carbocycles. The van der Waals surface area contributed by atoms with Crippen LogP contribution in [0.5, 0.6) is 5.75 Å². The highest BCUT2D eigenvalue weighted by Crippen LogP contribution is 2.26. The average molecular weight is 410 g/mol. The highest BCUT2D eigenvalue weighted by molar-refractivity contribution is 6.02. The summed E-state index contributed by atoms with van der Waals surface area (Å²) < 4.78 is 11.6. The second kappa shape index (κ2) is 8.16. The Labute approximate surface area is 177 Å². The smallest absolute Gasteiger partial charge is 0.292 e. The van der Waals surface area contributed by atoms with Gasteiger partial charge in [-0.3, -0.25) is 14.9 Å². The Balaban J connectivity index is 1.24. The molecule has 152 valence electrons. The molecule has 5 aromatic rings. The van der Waals surface area contributed by atoms with Crippen LogP contribution in [0.2, 0.25) is 0 Å². The Kier molecular flexibility index (Phi) is 4.90. The number of carbonyl (C=O) groups excluding carboxylic acids is 1. The Morgan fingerprint density at radius 3 is 2.74 bits per heavy atom. The number of amides is 1. The van der Waals surface area contributed by atoms with Gasteiger partial charge in [0.25, 0.3) is 5.91 Å². The quantitative estimate of drug-likeness (QED) is 0.409. The van der Waals surface area contributed by atoms with Crippen molar-refractivity contribution >= 4 is 22.5 Å². The summed E-state index contributed by atoms with van der Waals surface area (Å²) in [6.45, 7) is 0.218. The zero-order chi connectivity index (χ0) is 21.0. The molecule has 0 unspecified atom stereocenters. The molecule has 0 spiro atoms. The van der Waals surface area contributed by atoms with Crippen molar-refractivity contribution in [2.75, 3.05) is 5.32 Å². The molecule has 0 aliphatic carbocycles. The summed E-state index contributed by atoms with van der Waals surface area (Å²) >= 11 is 0. The molecule has 7 heteroatoms. The van der Waals surface area contributed by atoms with E-state index in [1.807, 2.05) is 54.6 Å². The molecule has 0 aliphatic heterocycles. The third-order valence-electron chi connectivity index (χ3n) is 4.82. The van der Waals surface area contributed by atoms with Crippen molar-refractivity contribution in [3.05, 3.63) is 96.7 Å². The molecule has 7 nitrogen and oxygen atoms in total. The lowest BCUT2D eigenvalue weighted by atomic mass is 10.1. The molecular weight excluding hydrogens is 392 g/mol. The predicted molar refractivity (Wildman–Crippen MR) is 117 cm³/mol. The number of aromatic nitrogens is 3. The van der Waals surface area contributed by atoms with Crippen molar-refractivity contribution in [3.63, 3.8) is 0 Å². The summed E-state index contributed by atoms with van der Waals surface area (Å²) in [5.41, 5.74) is 1.70. The first kappa shape index (κ1) is 18.6. The molecular formula is C24H18N4O3. The van der Waals surface area contributed by atoms with Crippen molar-refractivity contribution in [2.24, 2.45) is 0 Å². The maximum absolute atomic E-state index is 12.5. The van der Waals surface area contributed by atoms with Crippen LogP contribution in [-0.2, 0) is 6.61 Å². The van der Waals surface area contributed by atoms with Crippen molar-refractivity contribution in [1.82, 2.24) is 15.2 Å². The number of furan rings is 1. The highest BCUT2D eigenvalue weighted by atomic mass is 16.5. The summed E-state index contributed by atoms with van der Waals surface area (Å²) in [4.78, 5) is 16.5. The molecule has 31 heavy (non-hydrogen) atoms. The molecule has 3 aromatic heterocycles. The number of anilines is 1. The third kappa shape index (κ3) is 4.02. The second-order valence-corrected chi connectivity index (χ2v) is 6.89. The zero-order valence-corrected chi connectivity index (χ0v) is 16.4. The van der Waals surface area contributed by atoms with Crippen molar-refractivity contribution in [2.45, 2.75) is 6.61 Å². The predicted octanol–water partition coefficient (Wildman–Crippen LogP) is 5.05. The number of H-pyrrole nitrogens is 1. The number of nitrogens with one attached hydrogen (secondary N) is 2. The minimum absolute atomic E-state index is 0.185. The number of aromatic amines is 1. The molecule has 0 atom stereocenters. The normalized spacial score (nSPS) is 10.8. The number of hydrogen-bond acceptors (Lipinski definition) is 5. The summed E-state index contributed by atoms with van der Waals surface area (Å²) in [5, 5.41) is 11.9. The Hall–Kier alpha value is -4.39. The molecule has 2 aromatic carbocycles. The van der Waals surface area contributed by atoms with E-state index in [0.29, 0.717) is 11.6 Å². The van der Waals surface area contributed by atoms with Crippen LogP contribution in [0.15, 0.2) is 89.6 Å². The van der Waals surface area contributed by atoms with E-state index in [2.05, 4.69) is 20.5 Å². The SMILES string of the molecule is O=C(Nc1cc(-c2ccncc2)[nH]n1)c1ccc(COc2cccc3ccccc23)o1. The topological polar surface area (TPSA) is 93.0 Å². The first-order valence-electron chi connectivity index (χ1n) is 9.73. The number of pyridine rings is 1. The Bertz CT molecular complexity index is 1340. The van der Waals surface area contributed by atoms with Crippen LogP contribution in [0.1, 0.15) is 16.3 Å². The van der Waals surface area contributed by atoms with Crippen molar-refractivity contribution in [1.29, 1.82) is 0 Å². The van der Waals surface area contributed by atoms with Crippen molar-refractivity contribution < 1.29 is 13.9 Å². The van der Waals surface area contributed by atoms with E-state index in [4.69, 9.17) is 9.15 Å². The van der Waals surface area contributed by atoms with E-state index in [1.54, 1.807) is 30.6 Å². The van der Waals surface area contributed by atoms with E-state index in [1.165, 1.54) is 0 Å². The number of rotatable bonds is 6. The van der Waals surface area contributed by atoms with Crippen LogP contribution in [0.4, 0.5) is 5.82 Å². The van der Waals surface area contributed by atoms with E-state index in [9.17, 15) is 4.79 Å². The number of hydrogen-bond donors (Lipinski definition) is 2. The Morgan fingerprint density at radius 1 is 1.00 bits per heavy atom. The van der Waals surface area contributed by atoms with Crippen LogP contribution in [0.3, 0.4) is 0 Å². The third-order valence-corrected chi connectivity index (χ3v) is 4.82. The van der Waals surface area contributed by atoms with Gasteiger partial charge in [0.1, 0.15) is 18.1 Å². The van der Waals surface area contributed by atoms with Gasteiger partial charge in [0, 0.05) is 29.4 Å². The summed E-state index contributed by atoms with van der Waals surface area (Å²) in [7, 11) is 0. The molecule has 0 aliphatic rings. The zero-order valence-electron chi connectivity index (χ0n) is 16.4. The van der Waals surface area contributed by atoms with Crippen LogP contribution >= 0.6 is 0 Å². The van der Waals surface area contributed by atoms with E-state index in [-0.39, 0.29) is 18.3 Å². The summed E-state index contributed by atoms with van der Waals surface area (Å²) in [5.74, 6) is 1.52. The summed E-state index contributed by atoms with van der Waals surface area (Å²) in [6, 6.07) is 22.7. The van der Waals surface area contributed by atoms with Gasteiger partial charge in [-0.05, 0) is 35.7 Å². The molecule has 0 bridgehead atoms. The van der Waals surface area contributed by atoms with Gasteiger partial charge in [0.05, 0.1) is 5.69 Å². The molecule has 2 N–H and O–H groups in total. The lowest BCUT2D eigenvalue weighted by Gasteiger charge is -2.07. The lowest BCUT2D eigenvalue weighted by Crippen LogP contribution is -2.11. The fourth-order valence-electron chi connectivity index (χ4n) is 3.29. The number of fused-ring (bicyclic) bond motifs is 1. The molecule has 5 rings (SSSR count). The van der Waals surface area contributed by atoms with Gasteiger partial charge in [-0.2, -0.15) is 5.10 Å². The average Bonchev–Trinajstić information content (AvgIpc) is 3.48. The van der Waals surface area contributed by atoms with Crippen LogP contribution < -0.4 is 10.1 Å². The molecule has 0 saturated heterocycles. The van der Waals surface area contributed by atoms with Crippen LogP contribution in [0, 0.1) is 0 Å². The highest BCUT2D eigenvalue weighted by Gasteiger charge is 2.14. The molecule has 0 fully saturated rings. The molecule has 3 heterocycles. The van der Waals surface area contributed by atoms with Gasteiger partial charge in [-0.15, -0.1) is 0 Å². The van der Waals surface area contributed by atoms with Gasteiger partial charge in [-0.25, -0.2) is 0 Å². The number of benzene rings is 2. The number of ether oxygens (including phenoxy) is 1. The maximum Gasteiger partial charge on any atom is 0.292 e. The minimum Gasteiger partial charge on any atom is -0.485 e. The largest absolute Gasteiger partial charge is 0.485 e. The van der Waals surface area contributed by atoms with Gasteiger partial charge in [0.15, 0.2) is 11.6 Å². The summed E-state index contributed by atoms with van der Waals surface area (Å²) in [6.07, 6.45) is 3.39.